The quantitative estimate of drug-likeness (QED) is 0.282. The second-order valence-electron chi connectivity index (χ2n) is 9.69. The van der Waals surface area contributed by atoms with E-state index >= 15 is 0 Å². The van der Waals surface area contributed by atoms with Gasteiger partial charge in [0.25, 0.3) is 0 Å². The number of amides is 3. The molecular weight excluding hydrogens is 458 g/mol. The Balaban J connectivity index is 1.93. The number of primary amides is 1. The Morgan fingerprint density at radius 2 is 1.75 bits per heavy atom. The van der Waals surface area contributed by atoms with Gasteiger partial charge in [0.2, 0.25) is 17.7 Å². The van der Waals surface area contributed by atoms with Gasteiger partial charge in [-0.2, -0.15) is 0 Å². The first-order valence-corrected chi connectivity index (χ1v) is 12.7. The second kappa shape index (κ2) is 12.8. The average Bonchev–Trinajstić information content (AvgIpc) is 2.88. The van der Waals surface area contributed by atoms with Crippen molar-refractivity contribution in [1.82, 2.24) is 15.2 Å². The number of rotatable bonds is 12. The predicted octanol–water partition coefficient (Wildman–Crippen LogP) is 0.465. The van der Waals surface area contributed by atoms with Gasteiger partial charge in [0, 0.05) is 43.3 Å². The zero-order valence-electron chi connectivity index (χ0n) is 20.8. The number of benzene rings is 1. The van der Waals surface area contributed by atoms with Crippen molar-refractivity contribution in [3.63, 3.8) is 0 Å². The summed E-state index contributed by atoms with van der Waals surface area (Å²) in [7, 11) is 0. The van der Waals surface area contributed by atoms with Gasteiger partial charge in [-0.3, -0.25) is 19.4 Å². The molecule has 0 bridgehead atoms. The van der Waals surface area contributed by atoms with Crippen molar-refractivity contribution in [2.45, 2.75) is 56.5 Å². The summed E-state index contributed by atoms with van der Waals surface area (Å²) in [4.78, 5) is 45.2. The maximum absolute atomic E-state index is 13.7. The van der Waals surface area contributed by atoms with Gasteiger partial charge < -0.3 is 33.2 Å². The Morgan fingerprint density at radius 3 is 2.39 bits per heavy atom. The number of hydrogen-bond donors (Lipinski definition) is 5. The van der Waals surface area contributed by atoms with Crippen LogP contribution in [-0.4, -0.2) is 59.8 Å². The lowest BCUT2D eigenvalue weighted by Gasteiger charge is -2.33. The van der Waals surface area contributed by atoms with Gasteiger partial charge in [-0.05, 0) is 24.5 Å². The number of carbonyl (C=O) groups is 3. The summed E-state index contributed by atoms with van der Waals surface area (Å²) in [5, 5.41) is 3.55. The summed E-state index contributed by atoms with van der Waals surface area (Å²) < 4.78 is 0. The minimum absolute atomic E-state index is 0.248. The molecule has 10 heteroatoms. The minimum Gasteiger partial charge on any atom is -0.368 e. The van der Waals surface area contributed by atoms with E-state index in [1.807, 2.05) is 24.3 Å². The lowest BCUT2D eigenvalue weighted by molar-refractivity contribution is -0.138. The SMILES string of the molecule is NCCN(CCN)C(=O)C[C@@](N)(C(=O)N[C@@H](CC1CCCCC1)C(N)=O)c1cnc2ccccc2c1. The van der Waals surface area contributed by atoms with Crippen LogP contribution in [0, 0.1) is 5.92 Å². The van der Waals surface area contributed by atoms with Gasteiger partial charge >= 0.3 is 0 Å². The fourth-order valence-corrected chi connectivity index (χ4v) is 4.94. The van der Waals surface area contributed by atoms with Crippen LogP contribution in [0.3, 0.4) is 0 Å². The topological polar surface area (TPSA) is 183 Å². The molecule has 1 saturated carbocycles. The summed E-state index contributed by atoms with van der Waals surface area (Å²) in [6, 6.07) is 8.30. The molecule has 0 aliphatic heterocycles. The Morgan fingerprint density at radius 1 is 1.08 bits per heavy atom. The van der Waals surface area contributed by atoms with Gasteiger partial charge in [0.1, 0.15) is 11.6 Å². The highest BCUT2D eigenvalue weighted by Gasteiger charge is 2.41. The van der Waals surface area contributed by atoms with E-state index in [-0.39, 0.29) is 38.5 Å². The first-order chi connectivity index (χ1) is 17.3. The van der Waals surface area contributed by atoms with Gasteiger partial charge in [-0.1, -0.05) is 50.3 Å². The number of aromatic nitrogens is 1. The third-order valence-corrected chi connectivity index (χ3v) is 7.03. The minimum atomic E-state index is -1.78. The molecule has 3 rings (SSSR count). The maximum atomic E-state index is 13.7. The van der Waals surface area contributed by atoms with Crippen LogP contribution in [0.2, 0.25) is 0 Å². The molecule has 0 unspecified atom stereocenters. The van der Waals surface area contributed by atoms with Crippen molar-refractivity contribution >= 4 is 28.6 Å². The Hall–Kier alpha value is -3.08. The largest absolute Gasteiger partial charge is 0.368 e. The Labute approximate surface area is 212 Å². The molecule has 1 aromatic heterocycles. The number of carbonyl (C=O) groups excluding carboxylic acids is 3. The zero-order chi connectivity index (χ0) is 26.1. The summed E-state index contributed by atoms with van der Waals surface area (Å²) in [6.07, 6.45) is 6.98. The number of hydrogen-bond acceptors (Lipinski definition) is 7. The highest BCUT2D eigenvalue weighted by atomic mass is 16.2. The summed E-state index contributed by atoms with van der Waals surface area (Å²) in [6.45, 7) is 1.07. The molecule has 9 N–H and O–H groups in total. The van der Waals surface area contributed by atoms with E-state index in [0.29, 0.717) is 17.9 Å². The summed E-state index contributed by atoms with van der Waals surface area (Å²) in [5.41, 5.74) is 23.1. The van der Waals surface area contributed by atoms with Crippen molar-refractivity contribution in [1.29, 1.82) is 0 Å². The molecule has 10 nitrogen and oxygen atoms in total. The molecule has 36 heavy (non-hydrogen) atoms. The van der Waals surface area contributed by atoms with Crippen LogP contribution < -0.4 is 28.3 Å². The van der Waals surface area contributed by atoms with E-state index in [2.05, 4.69) is 10.3 Å². The highest BCUT2D eigenvalue weighted by Crippen LogP contribution is 2.29. The van der Waals surface area contributed by atoms with Crippen LogP contribution in [0.5, 0.6) is 0 Å². The molecule has 0 saturated heterocycles. The molecule has 0 radical (unpaired) electrons. The number of para-hydroxylation sites is 1. The third kappa shape index (κ3) is 6.77. The van der Waals surface area contributed by atoms with E-state index in [1.54, 1.807) is 6.07 Å². The molecule has 3 amide bonds. The predicted molar refractivity (Wildman–Crippen MR) is 139 cm³/mol. The average molecular weight is 498 g/mol. The normalized spacial score (nSPS) is 16.8. The van der Waals surface area contributed by atoms with Crippen LogP contribution in [0.25, 0.3) is 10.9 Å². The molecule has 1 aromatic carbocycles. The number of nitrogens with two attached hydrogens (primary N) is 4. The Kier molecular flexibility index (Phi) is 9.74. The van der Waals surface area contributed by atoms with Crippen molar-refractivity contribution < 1.29 is 14.4 Å². The maximum Gasteiger partial charge on any atom is 0.245 e. The zero-order valence-corrected chi connectivity index (χ0v) is 20.8. The van der Waals surface area contributed by atoms with Crippen molar-refractivity contribution in [3.05, 3.63) is 42.1 Å². The smallest absolute Gasteiger partial charge is 0.245 e. The molecule has 1 aliphatic rings. The van der Waals surface area contributed by atoms with E-state index in [0.717, 1.165) is 36.6 Å². The van der Waals surface area contributed by atoms with Crippen LogP contribution in [0.1, 0.15) is 50.5 Å². The van der Waals surface area contributed by atoms with Crippen LogP contribution in [0.15, 0.2) is 36.5 Å². The number of nitrogens with zero attached hydrogens (tertiary/aromatic N) is 2. The monoisotopic (exact) mass is 497 g/mol. The Bertz CT molecular complexity index is 1050. The van der Waals surface area contributed by atoms with Crippen molar-refractivity contribution in [2.75, 3.05) is 26.2 Å². The molecule has 1 fully saturated rings. The molecule has 2 aromatic rings. The van der Waals surface area contributed by atoms with Crippen LogP contribution >= 0.6 is 0 Å². The van der Waals surface area contributed by atoms with Crippen LogP contribution in [-0.2, 0) is 19.9 Å². The van der Waals surface area contributed by atoms with Gasteiger partial charge in [-0.15, -0.1) is 0 Å². The molecule has 2 atom stereocenters. The van der Waals surface area contributed by atoms with Gasteiger partial charge in [-0.25, -0.2) is 0 Å². The van der Waals surface area contributed by atoms with Crippen molar-refractivity contribution in [2.24, 2.45) is 28.9 Å². The molecule has 196 valence electrons. The first-order valence-electron chi connectivity index (χ1n) is 12.7. The lowest BCUT2D eigenvalue weighted by Crippen LogP contribution is -2.58. The molecule has 1 aliphatic carbocycles. The molecule has 0 spiro atoms. The molecular formula is C26H39N7O3. The van der Waals surface area contributed by atoms with Gasteiger partial charge in [0.15, 0.2) is 0 Å². The standard InChI is InChI=1S/C26H39N7O3/c27-10-12-33(13-11-28)23(34)16-26(30,20-15-19-8-4-5-9-21(19)31-17-20)25(36)32-22(24(29)35)14-18-6-2-1-3-7-18/h4-5,8-9,15,17-18,22H,1-3,6-7,10-14,16,27-28,30H2,(H2,29,35)(H,32,36)/t22-,26-/m0/s1. The number of nitrogens with one attached hydrogen (secondary N) is 1. The number of pyridine rings is 1. The van der Waals surface area contributed by atoms with Crippen molar-refractivity contribution in [3.8, 4) is 0 Å². The highest BCUT2D eigenvalue weighted by molar-refractivity contribution is 5.96. The van der Waals surface area contributed by atoms with Gasteiger partial charge in [0.05, 0.1) is 11.9 Å². The fraction of sp³-hybridized carbons (Fsp3) is 0.538. The third-order valence-electron chi connectivity index (χ3n) is 7.03. The first kappa shape index (κ1) is 27.5. The van der Waals surface area contributed by atoms with Crippen LogP contribution in [0.4, 0.5) is 0 Å². The van der Waals surface area contributed by atoms with E-state index < -0.39 is 23.4 Å². The summed E-state index contributed by atoms with van der Waals surface area (Å²) in [5.74, 6) is -1.32. The fourth-order valence-electron chi connectivity index (χ4n) is 4.94. The van der Waals surface area contributed by atoms with E-state index in [1.165, 1.54) is 17.5 Å². The van der Waals surface area contributed by atoms with E-state index in [9.17, 15) is 14.4 Å². The molecule has 1 heterocycles. The summed E-state index contributed by atoms with van der Waals surface area (Å²) >= 11 is 0. The number of fused-ring (bicyclic) bond motifs is 1. The van der Waals surface area contributed by atoms with E-state index in [4.69, 9.17) is 22.9 Å². The lowest BCUT2D eigenvalue weighted by atomic mass is 9.83. The second-order valence-corrected chi connectivity index (χ2v) is 9.69.